The molecule has 1 rings (SSSR count). The van der Waals surface area contributed by atoms with Crippen molar-refractivity contribution >= 4 is 21.7 Å². The van der Waals surface area contributed by atoms with E-state index in [9.17, 15) is 0 Å². The Morgan fingerprint density at radius 2 is 2.46 bits per heavy atom. The number of rotatable bonds is 4. The van der Waals surface area contributed by atoms with Crippen molar-refractivity contribution in [3.05, 3.63) is 22.8 Å². The first-order valence-electron chi connectivity index (χ1n) is 4.35. The molecule has 0 fully saturated rings. The minimum atomic E-state index is 0.297. The largest absolute Gasteiger partial charge is 0.365 e. The van der Waals surface area contributed by atoms with Crippen LogP contribution in [0.25, 0.3) is 0 Å². The van der Waals surface area contributed by atoms with Gasteiger partial charge in [-0.3, -0.25) is 0 Å². The van der Waals surface area contributed by atoms with E-state index in [2.05, 4.69) is 33.2 Å². The van der Waals surface area contributed by atoms with Crippen LogP contribution in [0.4, 0.5) is 5.82 Å². The first-order valence-corrected chi connectivity index (χ1v) is 5.14. The summed E-state index contributed by atoms with van der Waals surface area (Å²) in [5, 5.41) is 3.26. The molecule has 1 heterocycles. The van der Waals surface area contributed by atoms with Crippen molar-refractivity contribution < 1.29 is 0 Å². The van der Waals surface area contributed by atoms with Crippen LogP contribution >= 0.6 is 15.9 Å². The van der Waals surface area contributed by atoms with Gasteiger partial charge in [-0.2, -0.15) is 0 Å². The fourth-order valence-electron chi connectivity index (χ4n) is 1.01. The van der Waals surface area contributed by atoms with Crippen molar-refractivity contribution in [3.63, 3.8) is 0 Å². The third-order valence-electron chi connectivity index (χ3n) is 1.88. The van der Waals surface area contributed by atoms with Crippen molar-refractivity contribution in [1.82, 2.24) is 4.98 Å². The van der Waals surface area contributed by atoms with E-state index in [-0.39, 0.29) is 0 Å². The van der Waals surface area contributed by atoms with Gasteiger partial charge in [0, 0.05) is 18.8 Å². The van der Waals surface area contributed by atoms with E-state index < -0.39 is 0 Å². The van der Waals surface area contributed by atoms with E-state index in [4.69, 9.17) is 5.73 Å². The van der Waals surface area contributed by atoms with Crippen LogP contribution in [0.5, 0.6) is 0 Å². The van der Waals surface area contributed by atoms with Crippen LogP contribution < -0.4 is 11.1 Å². The Morgan fingerprint density at radius 1 is 1.69 bits per heavy atom. The molecule has 1 atom stereocenters. The van der Waals surface area contributed by atoms with E-state index >= 15 is 0 Å². The highest BCUT2D eigenvalue weighted by molar-refractivity contribution is 9.10. The Balaban J connectivity index is 2.67. The maximum atomic E-state index is 5.58. The number of hydrogen-bond donors (Lipinski definition) is 2. The number of hydrogen-bond acceptors (Lipinski definition) is 3. The van der Waals surface area contributed by atoms with Gasteiger partial charge in [0.25, 0.3) is 0 Å². The molecule has 1 unspecified atom stereocenters. The minimum absolute atomic E-state index is 0.297. The first-order chi connectivity index (χ1) is 6.27. The molecule has 3 nitrogen and oxygen atoms in total. The fraction of sp³-hybridized carbons (Fsp3) is 0.444. The quantitative estimate of drug-likeness (QED) is 0.851. The van der Waals surface area contributed by atoms with Gasteiger partial charge in [0.05, 0.1) is 4.47 Å². The Kier molecular flexibility index (Phi) is 4.18. The van der Waals surface area contributed by atoms with E-state index in [1.54, 1.807) is 6.20 Å². The van der Waals surface area contributed by atoms with Crippen molar-refractivity contribution in [2.24, 2.45) is 5.73 Å². The van der Waals surface area contributed by atoms with Crippen LogP contribution in [-0.4, -0.2) is 17.6 Å². The molecule has 0 saturated carbocycles. The fourth-order valence-corrected chi connectivity index (χ4v) is 1.38. The zero-order valence-electron chi connectivity index (χ0n) is 7.63. The van der Waals surface area contributed by atoms with E-state index in [0.717, 1.165) is 16.7 Å². The number of nitrogens with one attached hydrogen (secondary N) is 1. The number of anilines is 1. The molecule has 1 aromatic rings. The molecule has 72 valence electrons. The van der Waals surface area contributed by atoms with E-state index in [1.165, 1.54) is 0 Å². The molecule has 0 amide bonds. The summed E-state index contributed by atoms with van der Waals surface area (Å²) in [7, 11) is 0. The van der Waals surface area contributed by atoms with Gasteiger partial charge >= 0.3 is 0 Å². The molecule has 4 heteroatoms. The molecule has 0 aliphatic rings. The summed E-state index contributed by atoms with van der Waals surface area (Å²) in [5.74, 6) is 0.861. The lowest BCUT2D eigenvalue weighted by molar-refractivity contribution is 0.699. The molecule has 0 spiro atoms. The summed E-state index contributed by atoms with van der Waals surface area (Å²) in [4.78, 5) is 4.20. The topological polar surface area (TPSA) is 50.9 Å². The Bertz CT molecular complexity index is 261. The second-order valence-electron chi connectivity index (χ2n) is 2.82. The van der Waals surface area contributed by atoms with Crippen LogP contribution in [0, 0.1) is 0 Å². The molecular formula is C9H14BrN3. The molecule has 13 heavy (non-hydrogen) atoms. The first kappa shape index (κ1) is 10.5. The van der Waals surface area contributed by atoms with Crippen molar-refractivity contribution in [2.45, 2.75) is 19.4 Å². The van der Waals surface area contributed by atoms with E-state index in [1.807, 2.05) is 12.1 Å². The third kappa shape index (κ3) is 2.97. The van der Waals surface area contributed by atoms with Gasteiger partial charge in [0.1, 0.15) is 5.82 Å². The zero-order valence-corrected chi connectivity index (χ0v) is 9.21. The summed E-state index contributed by atoms with van der Waals surface area (Å²) in [6.07, 6.45) is 2.76. The highest BCUT2D eigenvalue weighted by Gasteiger charge is 2.05. The minimum Gasteiger partial charge on any atom is -0.365 e. The number of nitrogens with two attached hydrogens (primary N) is 1. The Morgan fingerprint density at radius 3 is 3.00 bits per heavy atom. The van der Waals surface area contributed by atoms with Gasteiger partial charge in [0.15, 0.2) is 0 Å². The maximum Gasteiger partial charge on any atom is 0.140 e. The van der Waals surface area contributed by atoms with Crippen molar-refractivity contribution in [2.75, 3.05) is 11.9 Å². The maximum absolute atomic E-state index is 5.58. The smallest absolute Gasteiger partial charge is 0.140 e. The van der Waals surface area contributed by atoms with Gasteiger partial charge in [-0.1, -0.05) is 6.92 Å². The highest BCUT2D eigenvalue weighted by Crippen LogP contribution is 2.19. The van der Waals surface area contributed by atoms with Crippen molar-refractivity contribution in [3.8, 4) is 0 Å². The molecule has 0 aromatic carbocycles. The summed E-state index contributed by atoms with van der Waals surface area (Å²) in [5.41, 5.74) is 5.58. The molecule has 1 aromatic heterocycles. The Hall–Kier alpha value is -0.610. The van der Waals surface area contributed by atoms with Crippen LogP contribution in [0.2, 0.25) is 0 Å². The summed E-state index contributed by atoms with van der Waals surface area (Å²) >= 11 is 3.42. The monoisotopic (exact) mass is 243 g/mol. The Labute approximate surface area is 86.9 Å². The lowest BCUT2D eigenvalue weighted by Gasteiger charge is -2.15. The zero-order chi connectivity index (χ0) is 9.68. The SMILES string of the molecule is CCC(CN)Nc1ncccc1Br. The van der Waals surface area contributed by atoms with Gasteiger partial charge < -0.3 is 11.1 Å². The number of nitrogens with zero attached hydrogens (tertiary/aromatic N) is 1. The predicted molar refractivity (Wildman–Crippen MR) is 58.7 cm³/mol. The number of halogens is 1. The average molecular weight is 244 g/mol. The van der Waals surface area contributed by atoms with Crippen LogP contribution in [0.1, 0.15) is 13.3 Å². The van der Waals surface area contributed by atoms with Gasteiger partial charge in [0.2, 0.25) is 0 Å². The van der Waals surface area contributed by atoms with Crippen LogP contribution in [-0.2, 0) is 0 Å². The third-order valence-corrected chi connectivity index (χ3v) is 2.52. The number of aromatic nitrogens is 1. The molecule has 0 radical (unpaired) electrons. The van der Waals surface area contributed by atoms with Crippen molar-refractivity contribution in [1.29, 1.82) is 0 Å². The summed E-state index contributed by atoms with van der Waals surface area (Å²) in [6.45, 7) is 2.72. The number of pyridine rings is 1. The molecular weight excluding hydrogens is 230 g/mol. The summed E-state index contributed by atoms with van der Waals surface area (Å²) in [6, 6.07) is 4.14. The molecule has 0 bridgehead atoms. The lowest BCUT2D eigenvalue weighted by Crippen LogP contribution is -2.28. The highest BCUT2D eigenvalue weighted by atomic mass is 79.9. The van der Waals surface area contributed by atoms with Gasteiger partial charge in [-0.05, 0) is 34.5 Å². The average Bonchev–Trinajstić information content (AvgIpc) is 2.17. The van der Waals surface area contributed by atoms with Crippen LogP contribution in [0.3, 0.4) is 0 Å². The molecule has 0 saturated heterocycles. The van der Waals surface area contributed by atoms with Crippen LogP contribution in [0.15, 0.2) is 22.8 Å². The second kappa shape index (κ2) is 5.19. The van der Waals surface area contributed by atoms with Gasteiger partial charge in [-0.25, -0.2) is 4.98 Å². The predicted octanol–water partition coefficient (Wildman–Crippen LogP) is 1.99. The summed E-state index contributed by atoms with van der Waals surface area (Å²) < 4.78 is 0.974. The normalized spacial score (nSPS) is 12.5. The standard InChI is InChI=1S/C9H14BrN3/c1-2-7(6-11)13-9-8(10)4-3-5-12-9/h3-5,7H,2,6,11H2,1H3,(H,12,13). The lowest BCUT2D eigenvalue weighted by atomic mass is 10.2. The molecule has 0 aliphatic heterocycles. The van der Waals surface area contributed by atoms with Gasteiger partial charge in [-0.15, -0.1) is 0 Å². The molecule has 3 N–H and O–H groups in total. The molecule has 0 aliphatic carbocycles. The van der Waals surface area contributed by atoms with E-state index in [0.29, 0.717) is 12.6 Å². The second-order valence-corrected chi connectivity index (χ2v) is 3.67.